The van der Waals surface area contributed by atoms with E-state index >= 15 is 0 Å². The van der Waals surface area contributed by atoms with E-state index in [2.05, 4.69) is 10.3 Å². The maximum absolute atomic E-state index is 12.1. The molecular weight excluding hydrogens is 280 g/mol. The van der Waals surface area contributed by atoms with Crippen molar-refractivity contribution in [1.29, 1.82) is 0 Å². The number of carboxylic acid groups (broad SMARTS) is 1. The van der Waals surface area contributed by atoms with Gasteiger partial charge in [0.2, 0.25) is 0 Å². The van der Waals surface area contributed by atoms with Crippen LogP contribution in [0.1, 0.15) is 28.8 Å². The molecule has 2 N–H and O–H groups in total. The third-order valence-corrected chi connectivity index (χ3v) is 3.51. The highest BCUT2D eigenvalue weighted by Crippen LogP contribution is 2.22. The van der Waals surface area contributed by atoms with E-state index in [1.165, 1.54) is 0 Å². The minimum Gasteiger partial charge on any atom is -0.481 e. The van der Waals surface area contributed by atoms with E-state index in [1.807, 2.05) is 6.07 Å². The monoisotopic (exact) mass is 296 g/mol. The van der Waals surface area contributed by atoms with Gasteiger partial charge in [0.1, 0.15) is 0 Å². The number of rotatable bonds is 5. The molecule has 0 unspecified atom stereocenters. The first-order valence-electron chi connectivity index (χ1n) is 7.20. The Morgan fingerprint density at radius 3 is 2.77 bits per heavy atom. The highest BCUT2D eigenvalue weighted by molar-refractivity contribution is 5.95. The highest BCUT2D eigenvalue weighted by Gasteiger charge is 2.23. The predicted octanol–water partition coefficient (Wildman–Crippen LogP) is 2.27. The molecule has 1 aromatic carbocycles. The zero-order chi connectivity index (χ0) is 15.5. The summed E-state index contributed by atoms with van der Waals surface area (Å²) in [5.41, 5.74) is 2.75. The van der Waals surface area contributed by atoms with Crippen molar-refractivity contribution in [3.8, 4) is 11.3 Å². The van der Waals surface area contributed by atoms with Gasteiger partial charge in [0, 0.05) is 23.4 Å². The van der Waals surface area contributed by atoms with E-state index in [9.17, 15) is 9.59 Å². The molecule has 0 atom stereocenters. The van der Waals surface area contributed by atoms with Crippen molar-refractivity contribution in [3.05, 3.63) is 53.7 Å². The van der Waals surface area contributed by atoms with Crippen LogP contribution in [0.25, 0.3) is 11.3 Å². The normalized spacial score (nSPS) is 13.6. The summed E-state index contributed by atoms with van der Waals surface area (Å²) in [6, 6.07) is 10.9. The molecule has 1 amide bonds. The molecule has 0 aliphatic heterocycles. The van der Waals surface area contributed by atoms with E-state index in [0.29, 0.717) is 22.9 Å². The number of carboxylic acids is 1. The van der Waals surface area contributed by atoms with Crippen molar-refractivity contribution in [3.63, 3.8) is 0 Å². The van der Waals surface area contributed by atoms with Gasteiger partial charge in [-0.15, -0.1) is 0 Å². The zero-order valence-corrected chi connectivity index (χ0v) is 12.0. The molecule has 0 spiro atoms. The van der Waals surface area contributed by atoms with E-state index in [-0.39, 0.29) is 12.3 Å². The van der Waals surface area contributed by atoms with E-state index in [4.69, 9.17) is 5.11 Å². The standard InChI is InChI=1S/C17H16N2O3/c20-16(21)9-11-2-1-3-12(8-11)15-10-13(6-7-18-15)17(22)19-14-4-5-14/h1-3,6-8,10,14H,4-5,9H2,(H,19,22)(H,20,21). The summed E-state index contributed by atoms with van der Waals surface area (Å²) in [7, 11) is 0. The van der Waals surface area contributed by atoms with Crippen molar-refractivity contribution < 1.29 is 14.7 Å². The number of nitrogens with zero attached hydrogens (tertiary/aromatic N) is 1. The molecule has 1 aliphatic carbocycles. The summed E-state index contributed by atoms with van der Waals surface area (Å²) in [6.07, 6.45) is 3.65. The molecule has 1 heterocycles. The summed E-state index contributed by atoms with van der Waals surface area (Å²) in [5.74, 6) is -0.962. The van der Waals surface area contributed by atoms with Crippen LogP contribution < -0.4 is 5.32 Å². The Bertz CT molecular complexity index is 723. The fourth-order valence-corrected chi connectivity index (χ4v) is 2.24. The van der Waals surface area contributed by atoms with Crippen molar-refractivity contribution in [1.82, 2.24) is 10.3 Å². The second-order valence-electron chi connectivity index (χ2n) is 5.45. The molecule has 112 valence electrons. The zero-order valence-electron chi connectivity index (χ0n) is 12.0. The number of aromatic nitrogens is 1. The van der Waals surface area contributed by atoms with Gasteiger partial charge >= 0.3 is 5.97 Å². The summed E-state index contributed by atoms with van der Waals surface area (Å²) < 4.78 is 0. The maximum Gasteiger partial charge on any atom is 0.307 e. The third-order valence-electron chi connectivity index (χ3n) is 3.51. The minimum atomic E-state index is -0.873. The first kappa shape index (κ1) is 14.3. The molecule has 0 radical (unpaired) electrons. The van der Waals surface area contributed by atoms with Crippen LogP contribution in [0.3, 0.4) is 0 Å². The number of pyridine rings is 1. The van der Waals surface area contributed by atoms with Crippen LogP contribution in [-0.2, 0) is 11.2 Å². The van der Waals surface area contributed by atoms with Gasteiger partial charge in [0.25, 0.3) is 5.91 Å². The molecule has 0 bridgehead atoms. The molecule has 3 rings (SSSR count). The number of hydrogen-bond donors (Lipinski definition) is 2. The van der Waals surface area contributed by atoms with Crippen LogP contribution in [-0.4, -0.2) is 28.0 Å². The van der Waals surface area contributed by atoms with Crippen molar-refractivity contribution >= 4 is 11.9 Å². The lowest BCUT2D eigenvalue weighted by molar-refractivity contribution is -0.136. The molecule has 5 nitrogen and oxygen atoms in total. The third kappa shape index (κ3) is 3.49. The topological polar surface area (TPSA) is 79.3 Å². The molecule has 22 heavy (non-hydrogen) atoms. The lowest BCUT2D eigenvalue weighted by Crippen LogP contribution is -2.25. The molecule has 1 saturated carbocycles. The molecule has 1 aliphatic rings. The van der Waals surface area contributed by atoms with Crippen LogP contribution in [0.5, 0.6) is 0 Å². The first-order valence-corrected chi connectivity index (χ1v) is 7.20. The fraction of sp³-hybridized carbons (Fsp3) is 0.235. The van der Waals surface area contributed by atoms with Crippen LogP contribution in [0.2, 0.25) is 0 Å². The quantitative estimate of drug-likeness (QED) is 0.887. The SMILES string of the molecule is O=C(O)Cc1cccc(-c2cc(C(=O)NC3CC3)ccn2)c1. The summed E-state index contributed by atoms with van der Waals surface area (Å²) >= 11 is 0. The lowest BCUT2D eigenvalue weighted by Gasteiger charge is -2.07. The number of hydrogen-bond acceptors (Lipinski definition) is 3. The van der Waals surface area contributed by atoms with Crippen LogP contribution in [0.15, 0.2) is 42.6 Å². The van der Waals surface area contributed by atoms with Gasteiger partial charge in [-0.2, -0.15) is 0 Å². The minimum absolute atomic E-state index is 0.0320. The van der Waals surface area contributed by atoms with E-state index in [1.54, 1.807) is 36.5 Å². The highest BCUT2D eigenvalue weighted by atomic mass is 16.4. The van der Waals surface area contributed by atoms with Gasteiger partial charge < -0.3 is 10.4 Å². The summed E-state index contributed by atoms with van der Waals surface area (Å²) in [5, 5.41) is 11.8. The van der Waals surface area contributed by atoms with Crippen LogP contribution >= 0.6 is 0 Å². The maximum atomic E-state index is 12.1. The second-order valence-corrected chi connectivity index (χ2v) is 5.45. The second kappa shape index (κ2) is 5.97. The molecule has 2 aromatic rings. The van der Waals surface area contributed by atoms with Gasteiger partial charge in [-0.3, -0.25) is 14.6 Å². The van der Waals surface area contributed by atoms with Gasteiger partial charge in [-0.25, -0.2) is 0 Å². The predicted molar refractivity (Wildman–Crippen MR) is 81.5 cm³/mol. The average Bonchev–Trinajstić information content (AvgIpc) is 3.31. The number of carbonyl (C=O) groups excluding carboxylic acids is 1. The Morgan fingerprint density at radius 1 is 1.23 bits per heavy atom. The van der Waals surface area contributed by atoms with Crippen molar-refractivity contribution in [2.45, 2.75) is 25.3 Å². The van der Waals surface area contributed by atoms with Gasteiger partial charge in [-0.05, 0) is 36.6 Å². The van der Waals surface area contributed by atoms with Crippen molar-refractivity contribution in [2.75, 3.05) is 0 Å². The molecule has 1 aromatic heterocycles. The molecule has 1 fully saturated rings. The molecule has 5 heteroatoms. The number of aliphatic carboxylic acids is 1. The largest absolute Gasteiger partial charge is 0.481 e. The Morgan fingerprint density at radius 2 is 2.05 bits per heavy atom. The van der Waals surface area contributed by atoms with Gasteiger partial charge in [0.05, 0.1) is 12.1 Å². The van der Waals surface area contributed by atoms with Crippen LogP contribution in [0.4, 0.5) is 0 Å². The van der Waals surface area contributed by atoms with Gasteiger partial charge in [-0.1, -0.05) is 18.2 Å². The molecular formula is C17H16N2O3. The Hall–Kier alpha value is -2.69. The molecule has 0 saturated heterocycles. The fourth-order valence-electron chi connectivity index (χ4n) is 2.24. The average molecular weight is 296 g/mol. The van der Waals surface area contributed by atoms with Crippen LogP contribution in [0, 0.1) is 0 Å². The number of nitrogens with one attached hydrogen (secondary N) is 1. The lowest BCUT2D eigenvalue weighted by atomic mass is 10.0. The number of amides is 1. The number of carbonyl (C=O) groups is 2. The Balaban J connectivity index is 1.84. The van der Waals surface area contributed by atoms with E-state index < -0.39 is 5.97 Å². The summed E-state index contributed by atoms with van der Waals surface area (Å²) in [6.45, 7) is 0. The Kier molecular flexibility index (Phi) is 3.87. The Labute approximate surface area is 128 Å². The van der Waals surface area contributed by atoms with Gasteiger partial charge in [0.15, 0.2) is 0 Å². The first-order chi connectivity index (χ1) is 10.6. The van der Waals surface area contributed by atoms with Crippen molar-refractivity contribution in [2.24, 2.45) is 0 Å². The summed E-state index contributed by atoms with van der Waals surface area (Å²) in [4.78, 5) is 27.2. The van der Waals surface area contributed by atoms with E-state index in [0.717, 1.165) is 18.4 Å². The smallest absolute Gasteiger partial charge is 0.307 e. The number of benzene rings is 1.